The van der Waals surface area contributed by atoms with Gasteiger partial charge in [0.05, 0.1) is 24.3 Å². The van der Waals surface area contributed by atoms with E-state index in [-0.39, 0.29) is 18.0 Å². The van der Waals surface area contributed by atoms with Crippen LogP contribution in [0.2, 0.25) is 0 Å². The lowest BCUT2D eigenvalue weighted by Gasteiger charge is -2.19. The Bertz CT molecular complexity index is 564. The summed E-state index contributed by atoms with van der Waals surface area (Å²) in [4.78, 5) is 16.1. The van der Waals surface area contributed by atoms with Gasteiger partial charge in [-0.05, 0) is 19.4 Å². The number of amides is 1. The summed E-state index contributed by atoms with van der Waals surface area (Å²) < 4.78 is 1.82. The van der Waals surface area contributed by atoms with E-state index in [1.807, 2.05) is 48.7 Å². The van der Waals surface area contributed by atoms with Gasteiger partial charge < -0.3 is 15.6 Å². The van der Waals surface area contributed by atoms with E-state index in [0.717, 1.165) is 11.3 Å². The van der Waals surface area contributed by atoms with Gasteiger partial charge >= 0.3 is 0 Å². The molecule has 5 nitrogen and oxygen atoms in total. The number of nitrogens with zero attached hydrogens (tertiary/aromatic N) is 2. The van der Waals surface area contributed by atoms with Crippen molar-refractivity contribution in [2.45, 2.75) is 25.9 Å². The molecule has 2 unspecified atom stereocenters. The minimum Gasteiger partial charge on any atom is -0.355 e. The summed E-state index contributed by atoms with van der Waals surface area (Å²) in [6, 6.07) is 9.16. The number of hydrogen-bond donors (Lipinski definition) is 2. The van der Waals surface area contributed by atoms with Crippen molar-refractivity contribution in [2.75, 3.05) is 6.54 Å². The van der Waals surface area contributed by atoms with Crippen LogP contribution in [0.5, 0.6) is 0 Å². The maximum atomic E-state index is 12.0. The number of benzene rings is 1. The summed E-state index contributed by atoms with van der Waals surface area (Å²) in [5.41, 5.74) is 8.11. The molecule has 3 N–H and O–H groups in total. The highest BCUT2D eigenvalue weighted by atomic mass is 16.2. The largest absolute Gasteiger partial charge is 0.355 e. The molecule has 2 rings (SSSR count). The molecule has 5 heteroatoms. The standard InChI is InChI=1S/C15H20N4O/c1-3-18-15(20)11(2)19-10-17-9-13(19)14(16)12-7-5-4-6-8-12/h4-11,14H,3,16H2,1-2H3,(H,18,20). The third kappa shape index (κ3) is 2.88. The molecule has 1 aromatic carbocycles. The van der Waals surface area contributed by atoms with Gasteiger partial charge in [-0.15, -0.1) is 0 Å². The highest BCUT2D eigenvalue weighted by molar-refractivity contribution is 5.79. The Hall–Kier alpha value is -2.14. The van der Waals surface area contributed by atoms with Crippen LogP contribution in [0.1, 0.15) is 37.2 Å². The predicted octanol–water partition coefficient (Wildman–Crippen LogP) is 1.63. The lowest BCUT2D eigenvalue weighted by molar-refractivity contribution is -0.123. The Balaban J connectivity index is 2.27. The summed E-state index contributed by atoms with van der Waals surface area (Å²) >= 11 is 0. The van der Waals surface area contributed by atoms with E-state index in [0.29, 0.717) is 6.54 Å². The van der Waals surface area contributed by atoms with Crippen molar-refractivity contribution in [1.29, 1.82) is 0 Å². The first-order chi connectivity index (χ1) is 9.65. The second kappa shape index (κ2) is 6.34. The Labute approximate surface area is 118 Å². The summed E-state index contributed by atoms with van der Waals surface area (Å²) in [7, 11) is 0. The average molecular weight is 272 g/mol. The Kier molecular flexibility index (Phi) is 4.53. The van der Waals surface area contributed by atoms with Crippen molar-refractivity contribution in [2.24, 2.45) is 5.73 Å². The van der Waals surface area contributed by atoms with Gasteiger partial charge in [-0.1, -0.05) is 30.3 Å². The van der Waals surface area contributed by atoms with E-state index >= 15 is 0 Å². The molecule has 2 aromatic rings. The zero-order valence-electron chi connectivity index (χ0n) is 11.8. The molecule has 0 saturated heterocycles. The van der Waals surface area contributed by atoms with E-state index in [4.69, 9.17) is 5.73 Å². The molecule has 1 amide bonds. The van der Waals surface area contributed by atoms with Crippen LogP contribution in [0.4, 0.5) is 0 Å². The fourth-order valence-electron chi connectivity index (χ4n) is 2.16. The van der Waals surface area contributed by atoms with Crippen LogP contribution >= 0.6 is 0 Å². The van der Waals surface area contributed by atoms with Crippen molar-refractivity contribution >= 4 is 5.91 Å². The van der Waals surface area contributed by atoms with Crippen LogP contribution in [-0.2, 0) is 4.79 Å². The summed E-state index contributed by atoms with van der Waals surface area (Å²) in [5, 5.41) is 2.81. The first-order valence-electron chi connectivity index (χ1n) is 6.75. The van der Waals surface area contributed by atoms with E-state index in [1.165, 1.54) is 0 Å². The van der Waals surface area contributed by atoms with Crippen molar-refractivity contribution in [3.8, 4) is 0 Å². The lowest BCUT2D eigenvalue weighted by atomic mass is 10.0. The van der Waals surface area contributed by atoms with Crippen LogP contribution in [-0.4, -0.2) is 22.0 Å². The minimum atomic E-state index is -0.331. The molecule has 20 heavy (non-hydrogen) atoms. The van der Waals surface area contributed by atoms with Crippen LogP contribution < -0.4 is 11.1 Å². The average Bonchev–Trinajstić information content (AvgIpc) is 2.96. The van der Waals surface area contributed by atoms with E-state index in [1.54, 1.807) is 12.5 Å². The van der Waals surface area contributed by atoms with Crippen LogP contribution in [0.3, 0.4) is 0 Å². The molecule has 0 fully saturated rings. The summed E-state index contributed by atoms with van der Waals surface area (Å²) in [6.07, 6.45) is 3.37. The predicted molar refractivity (Wildman–Crippen MR) is 78.1 cm³/mol. The van der Waals surface area contributed by atoms with Crippen molar-refractivity contribution in [3.63, 3.8) is 0 Å². The SMILES string of the molecule is CCNC(=O)C(C)n1cncc1C(N)c1ccccc1. The molecule has 0 aliphatic heterocycles. The molecular weight excluding hydrogens is 252 g/mol. The highest BCUT2D eigenvalue weighted by Crippen LogP contribution is 2.21. The highest BCUT2D eigenvalue weighted by Gasteiger charge is 2.20. The minimum absolute atomic E-state index is 0.0352. The van der Waals surface area contributed by atoms with Gasteiger partial charge in [-0.2, -0.15) is 0 Å². The number of nitrogens with one attached hydrogen (secondary N) is 1. The normalized spacial score (nSPS) is 13.8. The maximum Gasteiger partial charge on any atom is 0.242 e. The zero-order chi connectivity index (χ0) is 14.5. The first kappa shape index (κ1) is 14.3. The van der Waals surface area contributed by atoms with E-state index in [2.05, 4.69) is 10.3 Å². The number of imidazole rings is 1. The van der Waals surface area contributed by atoms with Gasteiger partial charge in [0.15, 0.2) is 0 Å². The Morgan fingerprint density at radius 2 is 2.10 bits per heavy atom. The van der Waals surface area contributed by atoms with Gasteiger partial charge in [0.25, 0.3) is 0 Å². The zero-order valence-corrected chi connectivity index (χ0v) is 11.8. The van der Waals surface area contributed by atoms with Gasteiger partial charge in [-0.3, -0.25) is 4.79 Å². The van der Waals surface area contributed by atoms with Crippen molar-refractivity contribution in [3.05, 3.63) is 54.1 Å². The van der Waals surface area contributed by atoms with Gasteiger partial charge in [0.2, 0.25) is 5.91 Å². The molecular formula is C15H20N4O. The molecule has 0 aliphatic rings. The Morgan fingerprint density at radius 1 is 1.40 bits per heavy atom. The van der Waals surface area contributed by atoms with Gasteiger partial charge in [-0.25, -0.2) is 4.98 Å². The van der Waals surface area contributed by atoms with Crippen LogP contribution in [0, 0.1) is 0 Å². The quantitative estimate of drug-likeness (QED) is 0.869. The molecule has 0 radical (unpaired) electrons. The fraction of sp³-hybridized carbons (Fsp3) is 0.333. The second-order valence-electron chi connectivity index (χ2n) is 4.68. The number of nitrogens with two attached hydrogens (primary N) is 1. The maximum absolute atomic E-state index is 12.0. The second-order valence-corrected chi connectivity index (χ2v) is 4.68. The van der Waals surface area contributed by atoms with Crippen molar-refractivity contribution < 1.29 is 4.79 Å². The third-order valence-corrected chi connectivity index (χ3v) is 3.32. The van der Waals surface area contributed by atoms with Gasteiger partial charge in [0, 0.05) is 6.54 Å². The topological polar surface area (TPSA) is 72.9 Å². The van der Waals surface area contributed by atoms with Gasteiger partial charge in [0.1, 0.15) is 6.04 Å². The smallest absolute Gasteiger partial charge is 0.242 e. The molecule has 1 aromatic heterocycles. The molecule has 0 spiro atoms. The number of aromatic nitrogens is 2. The Morgan fingerprint density at radius 3 is 2.75 bits per heavy atom. The molecule has 0 saturated carbocycles. The first-order valence-corrected chi connectivity index (χ1v) is 6.75. The molecule has 106 valence electrons. The summed E-state index contributed by atoms with van der Waals surface area (Å²) in [6.45, 7) is 4.35. The fourth-order valence-corrected chi connectivity index (χ4v) is 2.16. The van der Waals surface area contributed by atoms with Crippen molar-refractivity contribution in [1.82, 2.24) is 14.9 Å². The lowest BCUT2D eigenvalue weighted by Crippen LogP contribution is -2.32. The monoisotopic (exact) mass is 272 g/mol. The number of hydrogen-bond acceptors (Lipinski definition) is 3. The number of carbonyl (C=O) groups excluding carboxylic acids is 1. The van der Waals surface area contributed by atoms with E-state index in [9.17, 15) is 4.79 Å². The molecule has 2 atom stereocenters. The molecule has 1 heterocycles. The third-order valence-electron chi connectivity index (χ3n) is 3.32. The number of carbonyl (C=O) groups is 1. The number of likely N-dealkylation sites (N-methyl/N-ethyl adjacent to an activating group) is 1. The number of rotatable bonds is 5. The van der Waals surface area contributed by atoms with E-state index < -0.39 is 0 Å². The molecule has 0 bridgehead atoms. The van der Waals surface area contributed by atoms with Crippen LogP contribution in [0.15, 0.2) is 42.9 Å². The summed E-state index contributed by atoms with van der Waals surface area (Å²) in [5.74, 6) is -0.0352. The van der Waals surface area contributed by atoms with Crippen LogP contribution in [0.25, 0.3) is 0 Å². The molecule has 0 aliphatic carbocycles.